The first-order valence-corrected chi connectivity index (χ1v) is 6.38. The van der Waals surface area contributed by atoms with Gasteiger partial charge in [-0.05, 0) is 24.3 Å². The van der Waals surface area contributed by atoms with Crippen LogP contribution >= 0.6 is 11.6 Å². The van der Waals surface area contributed by atoms with Crippen LogP contribution in [-0.4, -0.2) is 12.1 Å². The summed E-state index contributed by atoms with van der Waals surface area (Å²) in [5, 5.41) is 2.95. The lowest BCUT2D eigenvalue weighted by atomic mass is 10.2. The second-order valence-electron chi connectivity index (χ2n) is 4.22. The second-order valence-corrected chi connectivity index (χ2v) is 4.62. The molecular weight excluding hydrogens is 305 g/mol. The molecule has 0 fully saturated rings. The highest BCUT2D eigenvalue weighted by Crippen LogP contribution is 2.33. The predicted molar refractivity (Wildman–Crippen MR) is 74.6 cm³/mol. The molecular formula is C14H12ClF3N2O. The Balaban J connectivity index is 2.10. The van der Waals surface area contributed by atoms with E-state index in [4.69, 9.17) is 16.3 Å². The van der Waals surface area contributed by atoms with Gasteiger partial charge in [-0.25, -0.2) is 4.98 Å². The molecule has 0 unspecified atom stereocenters. The Hall–Kier alpha value is -1.95. The molecule has 2 aromatic rings. The molecule has 1 aromatic heterocycles. The number of anilines is 1. The fourth-order valence-electron chi connectivity index (χ4n) is 1.69. The normalized spacial score (nSPS) is 11.3. The number of rotatable bonds is 4. The summed E-state index contributed by atoms with van der Waals surface area (Å²) in [6, 6.07) is 8.42. The van der Waals surface area contributed by atoms with Crippen LogP contribution in [0.2, 0.25) is 5.02 Å². The first-order valence-electron chi connectivity index (χ1n) is 6.00. The molecule has 1 N–H and O–H groups in total. The summed E-state index contributed by atoms with van der Waals surface area (Å²) in [5.41, 5.74) is 0.317. The summed E-state index contributed by atoms with van der Waals surface area (Å²) in [5.74, 6) is 0.466. The van der Waals surface area contributed by atoms with Crippen molar-refractivity contribution >= 4 is 17.3 Å². The molecule has 0 amide bonds. The number of benzene rings is 1. The monoisotopic (exact) mass is 316 g/mol. The number of hydrogen-bond acceptors (Lipinski definition) is 3. The fourth-order valence-corrected chi connectivity index (χ4v) is 1.94. The van der Waals surface area contributed by atoms with Crippen molar-refractivity contribution < 1.29 is 17.9 Å². The quantitative estimate of drug-likeness (QED) is 0.909. The van der Waals surface area contributed by atoms with Crippen LogP contribution in [-0.2, 0) is 12.7 Å². The lowest BCUT2D eigenvalue weighted by molar-refractivity contribution is -0.137. The Morgan fingerprint density at radius 1 is 1.24 bits per heavy atom. The third kappa shape index (κ3) is 4.01. The molecule has 0 aliphatic heterocycles. The number of alkyl halides is 3. The summed E-state index contributed by atoms with van der Waals surface area (Å²) in [6.07, 6.45) is -4.41. The van der Waals surface area contributed by atoms with Gasteiger partial charge >= 0.3 is 6.18 Å². The third-order valence-electron chi connectivity index (χ3n) is 2.75. The zero-order valence-electron chi connectivity index (χ0n) is 11.0. The lowest BCUT2D eigenvalue weighted by Crippen LogP contribution is -2.06. The average molecular weight is 317 g/mol. The van der Waals surface area contributed by atoms with Crippen molar-refractivity contribution in [1.29, 1.82) is 0 Å². The average Bonchev–Trinajstić information content (AvgIpc) is 2.45. The van der Waals surface area contributed by atoms with Crippen LogP contribution in [0.3, 0.4) is 0 Å². The van der Waals surface area contributed by atoms with E-state index in [0.717, 1.165) is 12.1 Å². The van der Waals surface area contributed by atoms with Gasteiger partial charge in [0, 0.05) is 6.07 Å². The molecule has 1 aromatic carbocycles. The molecule has 21 heavy (non-hydrogen) atoms. The first-order chi connectivity index (χ1) is 9.90. The van der Waals surface area contributed by atoms with Crippen LogP contribution in [0.5, 0.6) is 5.88 Å². The van der Waals surface area contributed by atoms with Gasteiger partial charge in [-0.3, -0.25) is 0 Å². The second kappa shape index (κ2) is 6.22. The summed E-state index contributed by atoms with van der Waals surface area (Å²) in [6.45, 7) is 0.322. The van der Waals surface area contributed by atoms with Gasteiger partial charge in [0.15, 0.2) is 0 Å². The first kappa shape index (κ1) is 15.4. The molecule has 0 aliphatic rings. The number of hydrogen-bond donors (Lipinski definition) is 1. The molecule has 0 aliphatic carbocycles. The Bertz CT molecular complexity index is 632. The van der Waals surface area contributed by atoms with Gasteiger partial charge < -0.3 is 10.1 Å². The van der Waals surface area contributed by atoms with Crippen LogP contribution in [0, 0.1) is 0 Å². The minimum atomic E-state index is -4.41. The van der Waals surface area contributed by atoms with Crippen LogP contribution in [0.15, 0.2) is 36.4 Å². The molecule has 3 nitrogen and oxygen atoms in total. The van der Waals surface area contributed by atoms with Gasteiger partial charge in [-0.1, -0.05) is 17.7 Å². The van der Waals surface area contributed by atoms with Crippen molar-refractivity contribution in [3.63, 3.8) is 0 Å². The van der Waals surface area contributed by atoms with E-state index in [-0.39, 0.29) is 5.02 Å². The zero-order valence-corrected chi connectivity index (χ0v) is 11.8. The molecule has 112 valence electrons. The fraction of sp³-hybridized carbons (Fsp3) is 0.214. The maximum atomic E-state index is 12.5. The number of pyridine rings is 1. The maximum absolute atomic E-state index is 12.5. The summed E-state index contributed by atoms with van der Waals surface area (Å²) in [7, 11) is 1.51. The van der Waals surface area contributed by atoms with Crippen LogP contribution in [0.1, 0.15) is 11.3 Å². The largest absolute Gasteiger partial charge is 0.481 e. The van der Waals surface area contributed by atoms with Crippen LogP contribution in [0.25, 0.3) is 0 Å². The zero-order chi connectivity index (χ0) is 15.5. The van der Waals surface area contributed by atoms with Crippen molar-refractivity contribution in [2.75, 3.05) is 12.4 Å². The van der Waals surface area contributed by atoms with E-state index in [2.05, 4.69) is 10.3 Å². The van der Waals surface area contributed by atoms with Crippen molar-refractivity contribution in [3.8, 4) is 5.88 Å². The van der Waals surface area contributed by atoms with Gasteiger partial charge in [0.25, 0.3) is 0 Å². The molecule has 7 heteroatoms. The van der Waals surface area contributed by atoms with Gasteiger partial charge in [-0.15, -0.1) is 0 Å². The summed E-state index contributed by atoms with van der Waals surface area (Å²) < 4.78 is 42.6. The number of ether oxygens (including phenoxy) is 1. The standard InChI is InChI=1S/C14H12ClF3N2O/c1-21-13-4-2-3-10(20-13)8-19-12-6-5-9(7-11(12)15)14(16,17)18/h2-7,19H,8H2,1H3. The van der Waals surface area contributed by atoms with Gasteiger partial charge in [0.1, 0.15) is 0 Å². The Labute approximate surface area is 124 Å². The highest BCUT2D eigenvalue weighted by molar-refractivity contribution is 6.33. The third-order valence-corrected chi connectivity index (χ3v) is 3.06. The van der Waals surface area contributed by atoms with E-state index in [1.165, 1.54) is 13.2 Å². The number of halogens is 4. The predicted octanol–water partition coefficient (Wildman–Crippen LogP) is 4.37. The van der Waals surface area contributed by atoms with Crippen molar-refractivity contribution in [1.82, 2.24) is 4.98 Å². The molecule has 0 saturated carbocycles. The Morgan fingerprint density at radius 2 is 2.00 bits per heavy atom. The Kier molecular flexibility index (Phi) is 4.57. The summed E-state index contributed by atoms with van der Waals surface area (Å²) in [4.78, 5) is 4.18. The maximum Gasteiger partial charge on any atom is 0.416 e. The smallest absolute Gasteiger partial charge is 0.416 e. The van der Waals surface area contributed by atoms with E-state index < -0.39 is 11.7 Å². The van der Waals surface area contributed by atoms with E-state index in [0.29, 0.717) is 23.8 Å². The minimum Gasteiger partial charge on any atom is -0.481 e. The van der Waals surface area contributed by atoms with Crippen LogP contribution < -0.4 is 10.1 Å². The molecule has 2 rings (SSSR count). The molecule has 0 radical (unpaired) electrons. The highest BCUT2D eigenvalue weighted by atomic mass is 35.5. The van der Waals surface area contributed by atoms with Crippen molar-refractivity contribution in [2.45, 2.75) is 12.7 Å². The van der Waals surface area contributed by atoms with E-state index in [1.807, 2.05) is 0 Å². The van der Waals surface area contributed by atoms with E-state index in [1.54, 1.807) is 18.2 Å². The molecule has 0 bridgehead atoms. The van der Waals surface area contributed by atoms with E-state index >= 15 is 0 Å². The van der Waals surface area contributed by atoms with Gasteiger partial charge in [-0.2, -0.15) is 13.2 Å². The molecule has 0 spiro atoms. The number of methoxy groups -OCH3 is 1. The number of aromatic nitrogens is 1. The summed E-state index contributed by atoms with van der Waals surface area (Å²) >= 11 is 5.85. The van der Waals surface area contributed by atoms with E-state index in [9.17, 15) is 13.2 Å². The topological polar surface area (TPSA) is 34.1 Å². The van der Waals surface area contributed by atoms with Crippen molar-refractivity contribution in [3.05, 3.63) is 52.7 Å². The molecule has 0 atom stereocenters. The number of nitrogens with zero attached hydrogens (tertiary/aromatic N) is 1. The molecule has 1 heterocycles. The Morgan fingerprint density at radius 3 is 2.62 bits per heavy atom. The highest BCUT2D eigenvalue weighted by Gasteiger charge is 2.30. The SMILES string of the molecule is COc1cccc(CNc2ccc(C(F)(F)F)cc2Cl)n1. The van der Waals surface area contributed by atoms with Gasteiger partial charge in [0.05, 0.1) is 35.6 Å². The van der Waals surface area contributed by atoms with Crippen molar-refractivity contribution in [2.24, 2.45) is 0 Å². The van der Waals surface area contributed by atoms with Crippen LogP contribution in [0.4, 0.5) is 18.9 Å². The van der Waals surface area contributed by atoms with Gasteiger partial charge in [0.2, 0.25) is 5.88 Å². The molecule has 0 saturated heterocycles. The lowest BCUT2D eigenvalue weighted by Gasteiger charge is -2.12. The number of nitrogens with one attached hydrogen (secondary N) is 1. The minimum absolute atomic E-state index is 0.00715.